The van der Waals surface area contributed by atoms with Gasteiger partial charge in [0, 0.05) is 24.9 Å². The highest BCUT2D eigenvalue weighted by atomic mass is 16.6. The molecule has 4 rings (SSSR count). The fraction of sp³-hybridized carbons (Fsp3) is 0.556. The van der Waals surface area contributed by atoms with E-state index in [0.29, 0.717) is 24.0 Å². The summed E-state index contributed by atoms with van der Waals surface area (Å²) in [7, 11) is 0. The number of ether oxygens (including phenoxy) is 2. The molecule has 23 heavy (non-hydrogen) atoms. The Balaban J connectivity index is 1.43. The van der Waals surface area contributed by atoms with E-state index in [9.17, 15) is 9.59 Å². The number of carbonyl (C=O) groups excluding carboxylic acids is 2. The topological polar surface area (TPSA) is 55.8 Å². The number of benzene rings is 1. The van der Waals surface area contributed by atoms with Crippen LogP contribution in [0.1, 0.15) is 36.5 Å². The van der Waals surface area contributed by atoms with E-state index in [-0.39, 0.29) is 30.3 Å². The third kappa shape index (κ3) is 2.48. The van der Waals surface area contributed by atoms with Crippen molar-refractivity contribution in [2.75, 3.05) is 6.61 Å². The molecule has 1 aliphatic carbocycles. The van der Waals surface area contributed by atoms with Gasteiger partial charge < -0.3 is 14.4 Å². The largest absolute Gasteiger partial charge is 0.459 e. The molecule has 122 valence electrons. The fourth-order valence-corrected chi connectivity index (χ4v) is 4.35. The molecule has 2 heterocycles. The van der Waals surface area contributed by atoms with Crippen LogP contribution in [-0.2, 0) is 9.47 Å². The van der Waals surface area contributed by atoms with Gasteiger partial charge in [-0.3, -0.25) is 0 Å². The number of fused-ring (bicyclic) bond motifs is 5. The maximum Gasteiger partial charge on any atom is 0.410 e. The summed E-state index contributed by atoms with van der Waals surface area (Å²) < 4.78 is 10.9. The molecule has 5 atom stereocenters. The Morgan fingerprint density at radius 1 is 1.09 bits per heavy atom. The summed E-state index contributed by atoms with van der Waals surface area (Å²) in [4.78, 5) is 26.3. The molecule has 3 fully saturated rings. The molecular formula is C18H21NO4. The smallest absolute Gasteiger partial charge is 0.410 e. The molecule has 0 aromatic heterocycles. The van der Waals surface area contributed by atoms with Gasteiger partial charge >= 0.3 is 12.1 Å². The first-order valence-electron chi connectivity index (χ1n) is 8.40. The molecule has 2 aliphatic heterocycles. The molecule has 1 aromatic rings. The van der Waals surface area contributed by atoms with E-state index in [0.717, 1.165) is 12.8 Å². The maximum absolute atomic E-state index is 12.2. The van der Waals surface area contributed by atoms with Crippen LogP contribution in [0.15, 0.2) is 30.3 Å². The van der Waals surface area contributed by atoms with Gasteiger partial charge in [-0.2, -0.15) is 0 Å². The van der Waals surface area contributed by atoms with Crippen LogP contribution in [0.5, 0.6) is 0 Å². The van der Waals surface area contributed by atoms with Crippen molar-refractivity contribution in [1.29, 1.82) is 0 Å². The molecular weight excluding hydrogens is 294 g/mol. The molecule has 1 aromatic carbocycles. The van der Waals surface area contributed by atoms with Crippen molar-refractivity contribution in [3.8, 4) is 0 Å². The van der Waals surface area contributed by atoms with E-state index < -0.39 is 0 Å². The molecule has 0 N–H and O–H groups in total. The second-order valence-corrected chi connectivity index (χ2v) is 6.67. The van der Waals surface area contributed by atoms with E-state index in [1.54, 1.807) is 12.1 Å². The number of piperidine rings is 2. The zero-order valence-corrected chi connectivity index (χ0v) is 13.2. The van der Waals surface area contributed by atoms with Gasteiger partial charge in [-0.15, -0.1) is 0 Å². The number of nitrogens with zero attached hydrogens (tertiary/aromatic N) is 1. The summed E-state index contributed by atoms with van der Waals surface area (Å²) in [6.45, 7) is 2.23. The van der Waals surface area contributed by atoms with Gasteiger partial charge in [-0.25, -0.2) is 9.59 Å². The lowest BCUT2D eigenvalue weighted by Crippen LogP contribution is -2.51. The average Bonchev–Trinajstić information content (AvgIpc) is 3.32. The van der Waals surface area contributed by atoms with Gasteiger partial charge in [-0.1, -0.05) is 18.2 Å². The van der Waals surface area contributed by atoms with Crippen LogP contribution < -0.4 is 0 Å². The van der Waals surface area contributed by atoms with Gasteiger partial charge in [0.2, 0.25) is 0 Å². The lowest BCUT2D eigenvalue weighted by Gasteiger charge is -2.40. The first-order chi connectivity index (χ1) is 11.2. The summed E-state index contributed by atoms with van der Waals surface area (Å²) in [5, 5.41) is 0. The highest BCUT2D eigenvalue weighted by Crippen LogP contribution is 2.58. The van der Waals surface area contributed by atoms with Crippen molar-refractivity contribution >= 4 is 12.1 Å². The third-order valence-electron chi connectivity index (χ3n) is 5.36. The standard InChI is InChI=1S/C18H21NO4/c1-2-22-18(21)19-15-8-12(9-16(19)14-10-13(14)15)23-17(20)11-6-4-3-5-7-11/h3-7,12-16H,2,8-10H2,1H3/t12?,13-,14?,15?,16?/m0/s1. The predicted molar refractivity (Wildman–Crippen MR) is 82.9 cm³/mol. The van der Waals surface area contributed by atoms with E-state index in [4.69, 9.17) is 9.47 Å². The number of esters is 1. The zero-order chi connectivity index (χ0) is 16.0. The van der Waals surface area contributed by atoms with Crippen molar-refractivity contribution in [3.63, 3.8) is 0 Å². The Morgan fingerprint density at radius 2 is 1.74 bits per heavy atom. The number of hydrogen-bond donors (Lipinski definition) is 0. The Bertz CT molecular complexity index is 599. The molecule has 2 bridgehead atoms. The number of rotatable bonds is 3. The van der Waals surface area contributed by atoms with E-state index >= 15 is 0 Å². The highest BCUT2D eigenvalue weighted by molar-refractivity contribution is 5.89. The molecule has 3 aliphatic rings. The summed E-state index contributed by atoms with van der Waals surface area (Å²) in [5.41, 5.74) is 0.581. The van der Waals surface area contributed by atoms with E-state index in [1.807, 2.05) is 30.0 Å². The van der Waals surface area contributed by atoms with Crippen LogP contribution in [0.4, 0.5) is 4.79 Å². The lowest BCUT2D eigenvalue weighted by molar-refractivity contribution is -0.0140. The van der Waals surface area contributed by atoms with Crippen molar-refractivity contribution < 1.29 is 19.1 Å². The van der Waals surface area contributed by atoms with Crippen LogP contribution in [0, 0.1) is 11.8 Å². The minimum absolute atomic E-state index is 0.101. The van der Waals surface area contributed by atoms with E-state index in [1.165, 1.54) is 6.42 Å². The van der Waals surface area contributed by atoms with Crippen LogP contribution in [0.25, 0.3) is 0 Å². The first kappa shape index (κ1) is 14.5. The molecule has 4 unspecified atom stereocenters. The second-order valence-electron chi connectivity index (χ2n) is 6.67. The maximum atomic E-state index is 12.2. The predicted octanol–water partition coefficient (Wildman–Crippen LogP) is 2.85. The molecule has 0 radical (unpaired) electrons. The van der Waals surface area contributed by atoms with Crippen LogP contribution in [0.2, 0.25) is 0 Å². The minimum Gasteiger partial charge on any atom is -0.459 e. The molecule has 0 spiro atoms. The second kappa shape index (κ2) is 5.55. The highest BCUT2D eigenvalue weighted by Gasteiger charge is 2.63. The molecule has 5 heteroatoms. The molecule has 1 saturated carbocycles. The monoisotopic (exact) mass is 315 g/mol. The van der Waals surface area contributed by atoms with Gasteiger partial charge in [-0.05, 0) is 37.3 Å². The van der Waals surface area contributed by atoms with Crippen LogP contribution in [0.3, 0.4) is 0 Å². The summed E-state index contributed by atoms with van der Waals surface area (Å²) in [5.74, 6) is 0.878. The Labute approximate surface area is 135 Å². The van der Waals surface area contributed by atoms with Crippen LogP contribution in [-0.4, -0.2) is 41.8 Å². The quantitative estimate of drug-likeness (QED) is 0.805. The Hall–Kier alpha value is -2.04. The lowest BCUT2D eigenvalue weighted by atomic mass is 9.95. The molecule has 1 amide bonds. The zero-order valence-electron chi connectivity index (χ0n) is 13.2. The first-order valence-corrected chi connectivity index (χ1v) is 8.40. The summed E-state index contributed by atoms with van der Waals surface area (Å²) >= 11 is 0. The molecule has 2 saturated heterocycles. The molecule has 5 nitrogen and oxygen atoms in total. The van der Waals surface area contributed by atoms with Gasteiger partial charge in [0.05, 0.1) is 12.2 Å². The SMILES string of the molecule is CCOC(=O)N1C2CC(OC(=O)c3ccccc3)CC1[C@H]1CC21. The number of amides is 1. The fourth-order valence-electron chi connectivity index (χ4n) is 4.35. The Morgan fingerprint density at radius 3 is 2.35 bits per heavy atom. The third-order valence-corrected chi connectivity index (χ3v) is 5.36. The number of carbonyl (C=O) groups is 2. The summed E-state index contributed by atoms with van der Waals surface area (Å²) in [6.07, 6.45) is 2.35. The van der Waals surface area contributed by atoms with Crippen LogP contribution >= 0.6 is 0 Å². The summed E-state index contributed by atoms with van der Waals surface area (Å²) in [6, 6.07) is 9.42. The van der Waals surface area contributed by atoms with Gasteiger partial charge in [0.15, 0.2) is 0 Å². The number of hydrogen-bond acceptors (Lipinski definition) is 4. The average molecular weight is 315 g/mol. The normalized spacial score (nSPS) is 33.8. The Kier molecular flexibility index (Phi) is 3.51. The van der Waals surface area contributed by atoms with E-state index in [2.05, 4.69) is 0 Å². The van der Waals surface area contributed by atoms with Crippen molar-refractivity contribution in [1.82, 2.24) is 4.90 Å². The van der Waals surface area contributed by atoms with Gasteiger partial charge in [0.25, 0.3) is 0 Å². The van der Waals surface area contributed by atoms with Crippen molar-refractivity contribution in [2.24, 2.45) is 11.8 Å². The van der Waals surface area contributed by atoms with Crippen molar-refractivity contribution in [2.45, 2.75) is 44.4 Å². The van der Waals surface area contributed by atoms with Crippen molar-refractivity contribution in [3.05, 3.63) is 35.9 Å². The minimum atomic E-state index is -0.270. The van der Waals surface area contributed by atoms with Gasteiger partial charge in [0.1, 0.15) is 6.10 Å².